The van der Waals surface area contributed by atoms with Gasteiger partial charge in [0.25, 0.3) is 0 Å². The number of aryl methyl sites for hydroxylation is 1. The molecule has 0 heterocycles. The Hall–Kier alpha value is -17.6. The van der Waals surface area contributed by atoms with E-state index in [2.05, 4.69) is 541 Å². The van der Waals surface area contributed by atoms with Gasteiger partial charge >= 0.3 is 0 Å². The highest BCUT2D eigenvalue weighted by atomic mass is 16.5. The van der Waals surface area contributed by atoms with E-state index in [1.165, 1.54) is 22.3 Å². The van der Waals surface area contributed by atoms with Gasteiger partial charge in [0.1, 0.15) is 17.2 Å². The Morgan fingerprint density at radius 1 is 0.118 bits per heavy atom. The van der Waals surface area contributed by atoms with Gasteiger partial charge in [-0.15, -0.1) is 0 Å². The molecule has 22 rings (SSSR count). The fourth-order valence-corrected chi connectivity index (χ4v) is 20.1. The molecule has 642 valence electrons. The maximum atomic E-state index is 7.12. The number of hydrogen-bond donors (Lipinski definition) is 0. The summed E-state index contributed by atoms with van der Waals surface area (Å²) in [6, 6.07) is 195. The lowest BCUT2D eigenvalue weighted by molar-refractivity contribution is 0.415. The van der Waals surface area contributed by atoms with E-state index in [-0.39, 0.29) is 0 Å². The van der Waals surface area contributed by atoms with Gasteiger partial charge in [-0.25, -0.2) is 0 Å². The van der Waals surface area contributed by atoms with Crippen molar-refractivity contribution in [3.63, 3.8) is 0 Å². The maximum absolute atomic E-state index is 7.12. The quantitative estimate of drug-likeness (QED) is 0.0635. The highest BCUT2D eigenvalue weighted by Gasteiger charge is 2.31. The van der Waals surface area contributed by atoms with Crippen LogP contribution in [0.5, 0.6) is 17.2 Å². The largest absolute Gasteiger partial charge is 0.497 e. The summed E-state index contributed by atoms with van der Waals surface area (Å²) < 4.78 is 12.9. The van der Waals surface area contributed by atoms with Gasteiger partial charge in [0, 0.05) is 0 Å². The number of rotatable bonds is 23. The van der Waals surface area contributed by atoms with E-state index in [4.69, 9.17) is 9.47 Å². The molecule has 0 unspecified atom stereocenters. The highest BCUT2D eigenvalue weighted by molar-refractivity contribution is 6.14. The molecule has 0 bridgehead atoms. The minimum atomic E-state index is 0.715. The third-order valence-corrected chi connectivity index (χ3v) is 26.4. The standard InChI is InChI=1S/C134H94O2/c1-91-69-71-104(72-70-91)127-115(92-41-15-3-16-42-92)87-119(123(96-49-23-7-24-50-96)131(127)100-57-31-11-32-58-100)108-65-39-67-110(85-108)121-89-117(94-45-19-5-20-46-94)129(133(102-61-35-13-36-62-102)125(121)98-53-27-9-28-54-98)106-75-81-113(82-76-106)136-114-83-77-107(78-84-114)130-118(95-47-21-6-22-48-95)90-122(126(99-55-29-10-30-56-99)134(130)103-63-37-14-38-64-103)111-68-40-66-109(86-111)120-88-116(93-43-17-4-18-44-93)128(105-73-79-112(135-2)80-74-105)132(101-59-33-12-34-60-101)124(120)97-51-25-8-26-52-97/h3-90H,1-2H3. The van der Waals surface area contributed by atoms with E-state index >= 15 is 0 Å². The molecule has 0 aliphatic carbocycles. The zero-order valence-electron chi connectivity index (χ0n) is 75.6. The first-order valence-corrected chi connectivity index (χ1v) is 46.7. The van der Waals surface area contributed by atoms with Crippen LogP contribution in [0.2, 0.25) is 0 Å². The monoisotopic (exact) mass is 1730 g/mol. The van der Waals surface area contributed by atoms with Crippen LogP contribution in [0.1, 0.15) is 5.56 Å². The molecule has 2 nitrogen and oxygen atoms in total. The van der Waals surface area contributed by atoms with Crippen molar-refractivity contribution in [2.45, 2.75) is 6.92 Å². The van der Waals surface area contributed by atoms with Crippen molar-refractivity contribution in [3.05, 3.63) is 539 Å². The summed E-state index contributed by atoms with van der Waals surface area (Å²) in [5.74, 6) is 2.24. The molecule has 136 heavy (non-hydrogen) atoms. The van der Waals surface area contributed by atoms with Crippen LogP contribution >= 0.6 is 0 Å². The van der Waals surface area contributed by atoms with Crippen molar-refractivity contribution in [3.8, 4) is 240 Å². The number of hydrogen-bond acceptors (Lipinski definition) is 2. The third-order valence-electron chi connectivity index (χ3n) is 26.4. The van der Waals surface area contributed by atoms with Crippen LogP contribution in [-0.4, -0.2) is 7.11 Å². The molecule has 0 radical (unpaired) electrons. The number of benzene rings is 22. The number of ether oxygens (including phenoxy) is 2. The first-order chi connectivity index (χ1) is 67.4. The van der Waals surface area contributed by atoms with Crippen LogP contribution in [0.15, 0.2) is 534 Å². The Bertz CT molecular complexity index is 7940. The molecular formula is C134H94O2. The summed E-state index contributed by atoms with van der Waals surface area (Å²) in [6.45, 7) is 2.17. The van der Waals surface area contributed by atoms with E-state index in [9.17, 15) is 0 Å². The second-order valence-corrected chi connectivity index (χ2v) is 34.7. The zero-order chi connectivity index (χ0) is 91.0. The molecule has 0 aromatic heterocycles. The molecule has 0 fully saturated rings. The molecular weight excluding hydrogens is 1640 g/mol. The van der Waals surface area contributed by atoms with Gasteiger partial charge in [-0.05, 0) is 302 Å². The van der Waals surface area contributed by atoms with Gasteiger partial charge in [0.05, 0.1) is 7.11 Å². The van der Waals surface area contributed by atoms with E-state index in [0.717, 1.165) is 212 Å². The van der Waals surface area contributed by atoms with Crippen LogP contribution < -0.4 is 9.47 Å². The normalized spacial score (nSPS) is 11.2. The summed E-state index contributed by atoms with van der Waals surface area (Å²) >= 11 is 0. The van der Waals surface area contributed by atoms with Crippen LogP contribution in [0.4, 0.5) is 0 Å². The second kappa shape index (κ2) is 38.1. The Labute approximate surface area is 797 Å². The van der Waals surface area contributed by atoms with Crippen LogP contribution in [-0.2, 0) is 0 Å². The van der Waals surface area contributed by atoms with Gasteiger partial charge in [0.2, 0.25) is 0 Å². The molecule has 0 spiro atoms. The summed E-state index contributed by atoms with van der Waals surface area (Å²) in [7, 11) is 1.73. The molecule has 0 N–H and O–H groups in total. The molecule has 22 aromatic carbocycles. The lowest BCUT2D eigenvalue weighted by Gasteiger charge is -2.26. The first-order valence-electron chi connectivity index (χ1n) is 46.7. The average molecular weight is 1740 g/mol. The smallest absolute Gasteiger partial charge is 0.127 e. The van der Waals surface area contributed by atoms with Crippen molar-refractivity contribution >= 4 is 0 Å². The Kier molecular flexibility index (Phi) is 23.5. The predicted octanol–water partition coefficient (Wildman–Crippen LogP) is 37.1. The topological polar surface area (TPSA) is 18.5 Å². The summed E-state index contributed by atoms with van der Waals surface area (Å²) in [5.41, 5.74) is 46.1. The van der Waals surface area contributed by atoms with E-state index < -0.39 is 0 Å². The fraction of sp³-hybridized carbons (Fsp3) is 0.0149. The molecule has 2 heteroatoms. The minimum absolute atomic E-state index is 0.715. The molecule has 0 amide bonds. The summed E-state index contributed by atoms with van der Waals surface area (Å²) in [4.78, 5) is 0. The minimum Gasteiger partial charge on any atom is -0.497 e. The molecule has 0 saturated heterocycles. The van der Waals surface area contributed by atoms with Crippen LogP contribution in [0.25, 0.3) is 223 Å². The summed E-state index contributed by atoms with van der Waals surface area (Å²) in [5, 5.41) is 0. The third kappa shape index (κ3) is 16.7. The molecule has 22 aromatic rings. The SMILES string of the molecule is COc1ccc(-c2c(-c3ccccc3)cc(-c3cccc(-c4cc(-c5ccccc5)c(-c5ccc(Oc6ccc(-c7c(-c8ccccc8)cc(-c8cccc(-c9cc(-c%10ccccc%10)c(-c%10ccc(C)cc%10)c(-c%10ccccc%10)c9-c9ccccc9)c8)c(-c8ccccc8)c7-c7ccccc7)cc6)cc5)c(-c5ccccc5)c4-c4ccccc4)c3)c(-c3ccccc3)c2-c2ccccc2)cc1. The fourth-order valence-electron chi connectivity index (χ4n) is 20.1. The second-order valence-electron chi connectivity index (χ2n) is 34.7. The Balaban J connectivity index is 0.685. The van der Waals surface area contributed by atoms with E-state index in [0.29, 0.717) is 11.5 Å². The first kappa shape index (κ1) is 84.0. The van der Waals surface area contributed by atoms with Crippen molar-refractivity contribution in [1.29, 1.82) is 0 Å². The van der Waals surface area contributed by atoms with Crippen LogP contribution in [0, 0.1) is 6.92 Å². The molecule has 0 aliphatic rings. The van der Waals surface area contributed by atoms with E-state index in [1.54, 1.807) is 7.11 Å². The van der Waals surface area contributed by atoms with Crippen molar-refractivity contribution in [1.82, 2.24) is 0 Å². The van der Waals surface area contributed by atoms with Gasteiger partial charge in [-0.3, -0.25) is 0 Å². The van der Waals surface area contributed by atoms with Crippen LogP contribution in [0.3, 0.4) is 0 Å². The van der Waals surface area contributed by atoms with Gasteiger partial charge in [-0.2, -0.15) is 0 Å². The molecule has 0 aliphatic heterocycles. The maximum Gasteiger partial charge on any atom is 0.127 e. The Morgan fingerprint density at radius 2 is 0.265 bits per heavy atom. The van der Waals surface area contributed by atoms with E-state index in [1.807, 2.05) is 0 Å². The van der Waals surface area contributed by atoms with Gasteiger partial charge in [0.15, 0.2) is 0 Å². The van der Waals surface area contributed by atoms with Crippen molar-refractivity contribution in [2.75, 3.05) is 7.11 Å². The van der Waals surface area contributed by atoms with Gasteiger partial charge < -0.3 is 9.47 Å². The number of methoxy groups -OCH3 is 1. The highest BCUT2D eigenvalue weighted by Crippen LogP contribution is 2.58. The lowest BCUT2D eigenvalue weighted by Crippen LogP contribution is -1.99. The Morgan fingerprint density at radius 3 is 0.456 bits per heavy atom. The zero-order valence-corrected chi connectivity index (χ0v) is 75.6. The lowest BCUT2D eigenvalue weighted by atomic mass is 9.77. The average Bonchev–Trinajstić information content (AvgIpc) is 0.742. The van der Waals surface area contributed by atoms with Crippen molar-refractivity contribution < 1.29 is 9.47 Å². The predicted molar refractivity (Wildman–Crippen MR) is 573 cm³/mol. The molecule has 0 atom stereocenters. The summed E-state index contributed by atoms with van der Waals surface area (Å²) in [6.07, 6.45) is 0. The molecule has 0 saturated carbocycles. The van der Waals surface area contributed by atoms with Gasteiger partial charge in [-0.1, -0.05) is 467 Å². The van der Waals surface area contributed by atoms with Crippen molar-refractivity contribution in [2.24, 2.45) is 0 Å².